The lowest BCUT2D eigenvalue weighted by atomic mass is 10.1. The second-order valence-electron chi connectivity index (χ2n) is 5.35. The van der Waals surface area contributed by atoms with Gasteiger partial charge in [-0.15, -0.1) is 0 Å². The van der Waals surface area contributed by atoms with Gasteiger partial charge in [0.15, 0.2) is 0 Å². The van der Waals surface area contributed by atoms with Crippen LogP contribution in [0.4, 0.5) is 10.5 Å². The molecule has 1 aromatic rings. The molecule has 0 aromatic heterocycles. The molecule has 0 radical (unpaired) electrons. The van der Waals surface area contributed by atoms with Gasteiger partial charge in [-0.2, -0.15) is 0 Å². The maximum atomic E-state index is 12.1. The van der Waals surface area contributed by atoms with Gasteiger partial charge >= 0.3 is 6.03 Å². The molecule has 1 saturated heterocycles. The summed E-state index contributed by atoms with van der Waals surface area (Å²) in [6, 6.07) is 8.06. The molecule has 110 valence electrons. The largest absolute Gasteiger partial charge is 0.396 e. The Morgan fingerprint density at radius 2 is 2.15 bits per heavy atom. The van der Waals surface area contributed by atoms with E-state index < -0.39 is 0 Å². The van der Waals surface area contributed by atoms with Crippen LogP contribution in [0.3, 0.4) is 0 Å². The lowest BCUT2D eigenvalue weighted by molar-refractivity contribution is 0.209. The fourth-order valence-corrected chi connectivity index (χ4v) is 2.39. The van der Waals surface area contributed by atoms with Crippen LogP contribution in [0.2, 0.25) is 0 Å². The number of nitrogens with zero attached hydrogens (tertiary/aromatic N) is 1. The third-order valence-corrected chi connectivity index (χ3v) is 3.93. The number of likely N-dealkylation sites (tertiary alicyclic amines) is 1. The van der Waals surface area contributed by atoms with Gasteiger partial charge in [0.25, 0.3) is 0 Å². The van der Waals surface area contributed by atoms with E-state index in [1.54, 1.807) is 4.90 Å². The molecule has 1 aromatic carbocycles. The molecular formula is C15H23N3O2. The number of hydrogen-bond acceptors (Lipinski definition) is 3. The van der Waals surface area contributed by atoms with Crippen molar-refractivity contribution in [3.8, 4) is 0 Å². The summed E-state index contributed by atoms with van der Waals surface area (Å²) < 4.78 is 0. The number of hydrogen-bond donors (Lipinski definition) is 3. The molecule has 0 spiro atoms. The number of nitrogens with one attached hydrogen (secondary N) is 2. The van der Waals surface area contributed by atoms with E-state index >= 15 is 0 Å². The zero-order valence-electron chi connectivity index (χ0n) is 12.1. The van der Waals surface area contributed by atoms with E-state index in [-0.39, 0.29) is 18.6 Å². The fourth-order valence-electron chi connectivity index (χ4n) is 2.39. The van der Waals surface area contributed by atoms with Crippen molar-refractivity contribution in [3.05, 3.63) is 29.8 Å². The SMILES string of the molecule is CNC(C)c1ccc(NC(=O)N2CCC(CO)C2)cc1. The molecule has 20 heavy (non-hydrogen) atoms. The van der Waals surface area contributed by atoms with E-state index in [9.17, 15) is 4.79 Å². The van der Waals surface area contributed by atoms with E-state index in [0.717, 1.165) is 12.1 Å². The smallest absolute Gasteiger partial charge is 0.321 e. The topological polar surface area (TPSA) is 64.6 Å². The minimum Gasteiger partial charge on any atom is -0.396 e. The number of anilines is 1. The molecule has 0 bridgehead atoms. The average Bonchev–Trinajstić information content (AvgIpc) is 2.96. The Labute approximate surface area is 120 Å². The summed E-state index contributed by atoms with van der Waals surface area (Å²) in [7, 11) is 1.92. The highest BCUT2D eigenvalue weighted by atomic mass is 16.3. The van der Waals surface area contributed by atoms with Crippen LogP contribution in [-0.2, 0) is 0 Å². The summed E-state index contributed by atoms with van der Waals surface area (Å²) >= 11 is 0. The number of benzene rings is 1. The van der Waals surface area contributed by atoms with Crippen molar-refractivity contribution in [2.45, 2.75) is 19.4 Å². The van der Waals surface area contributed by atoms with Gasteiger partial charge in [-0.05, 0) is 38.1 Å². The molecule has 0 saturated carbocycles. The summed E-state index contributed by atoms with van der Waals surface area (Å²) in [5, 5.41) is 15.2. The third-order valence-electron chi connectivity index (χ3n) is 3.93. The standard InChI is InChI=1S/C15H23N3O2/c1-11(16-2)13-3-5-14(6-4-13)17-15(20)18-8-7-12(9-18)10-19/h3-6,11-12,16,19H,7-10H2,1-2H3,(H,17,20). The van der Waals surface area contributed by atoms with Gasteiger partial charge in [-0.1, -0.05) is 12.1 Å². The maximum absolute atomic E-state index is 12.1. The summed E-state index contributed by atoms with van der Waals surface area (Å²) in [5.74, 6) is 0.222. The van der Waals surface area contributed by atoms with Gasteiger partial charge in [-0.3, -0.25) is 0 Å². The number of rotatable bonds is 4. The molecule has 0 aliphatic carbocycles. The molecule has 2 amide bonds. The average molecular weight is 277 g/mol. The molecular weight excluding hydrogens is 254 g/mol. The van der Waals surface area contributed by atoms with Crippen LogP contribution < -0.4 is 10.6 Å². The lowest BCUT2D eigenvalue weighted by Crippen LogP contribution is -2.33. The Morgan fingerprint density at radius 3 is 2.70 bits per heavy atom. The third kappa shape index (κ3) is 3.49. The molecule has 3 N–H and O–H groups in total. The molecule has 2 rings (SSSR count). The summed E-state index contributed by atoms with van der Waals surface area (Å²) in [6.07, 6.45) is 0.878. The Balaban J connectivity index is 1.91. The molecule has 1 fully saturated rings. The van der Waals surface area contributed by atoms with Crippen molar-refractivity contribution >= 4 is 11.7 Å². The molecule has 1 aliphatic rings. The summed E-state index contributed by atoms with van der Waals surface area (Å²) in [5.41, 5.74) is 1.99. The van der Waals surface area contributed by atoms with Crippen LogP contribution in [0.1, 0.15) is 24.9 Å². The Morgan fingerprint density at radius 1 is 1.45 bits per heavy atom. The van der Waals surface area contributed by atoms with E-state index in [1.807, 2.05) is 31.3 Å². The summed E-state index contributed by atoms with van der Waals surface area (Å²) in [6.45, 7) is 3.59. The number of aliphatic hydroxyl groups excluding tert-OH is 1. The Kier molecular flexibility index (Phi) is 4.98. The minimum absolute atomic E-state index is 0.0876. The van der Waals surface area contributed by atoms with E-state index in [1.165, 1.54) is 5.56 Å². The van der Waals surface area contributed by atoms with Crippen molar-refractivity contribution in [1.82, 2.24) is 10.2 Å². The van der Waals surface area contributed by atoms with Gasteiger partial charge < -0.3 is 20.6 Å². The molecule has 1 heterocycles. The van der Waals surface area contributed by atoms with Crippen molar-refractivity contribution in [3.63, 3.8) is 0 Å². The van der Waals surface area contributed by atoms with Crippen LogP contribution in [0.15, 0.2) is 24.3 Å². The van der Waals surface area contributed by atoms with Crippen LogP contribution >= 0.6 is 0 Å². The number of amides is 2. The van der Waals surface area contributed by atoms with E-state index in [0.29, 0.717) is 19.1 Å². The predicted octanol–water partition coefficient (Wildman–Crippen LogP) is 1.81. The van der Waals surface area contributed by atoms with Crippen molar-refractivity contribution in [1.29, 1.82) is 0 Å². The second kappa shape index (κ2) is 6.72. The fraction of sp³-hybridized carbons (Fsp3) is 0.533. The number of aliphatic hydroxyl groups is 1. The van der Waals surface area contributed by atoms with Crippen LogP contribution in [0.25, 0.3) is 0 Å². The lowest BCUT2D eigenvalue weighted by Gasteiger charge is -2.17. The quantitative estimate of drug-likeness (QED) is 0.786. The first-order valence-corrected chi connectivity index (χ1v) is 7.08. The molecule has 5 nitrogen and oxygen atoms in total. The normalized spacial score (nSPS) is 19.9. The first kappa shape index (κ1) is 14.8. The van der Waals surface area contributed by atoms with E-state index in [2.05, 4.69) is 17.6 Å². The monoisotopic (exact) mass is 277 g/mol. The van der Waals surface area contributed by atoms with Crippen molar-refractivity contribution in [2.75, 3.05) is 32.1 Å². The number of carbonyl (C=O) groups excluding carboxylic acids is 1. The Hall–Kier alpha value is -1.59. The maximum Gasteiger partial charge on any atom is 0.321 e. The number of carbonyl (C=O) groups is 1. The molecule has 2 unspecified atom stereocenters. The van der Waals surface area contributed by atoms with E-state index in [4.69, 9.17) is 5.11 Å². The van der Waals surface area contributed by atoms with Gasteiger partial charge in [0, 0.05) is 37.3 Å². The highest BCUT2D eigenvalue weighted by molar-refractivity contribution is 5.89. The molecule has 1 aliphatic heterocycles. The highest BCUT2D eigenvalue weighted by Crippen LogP contribution is 2.19. The first-order valence-electron chi connectivity index (χ1n) is 7.08. The van der Waals surface area contributed by atoms with Crippen molar-refractivity contribution in [2.24, 2.45) is 5.92 Å². The van der Waals surface area contributed by atoms with Crippen molar-refractivity contribution < 1.29 is 9.90 Å². The van der Waals surface area contributed by atoms with Gasteiger partial charge in [0.1, 0.15) is 0 Å². The Bertz CT molecular complexity index is 447. The molecule has 5 heteroatoms. The predicted molar refractivity (Wildman–Crippen MR) is 79.7 cm³/mol. The van der Waals surface area contributed by atoms with Gasteiger partial charge in [0.2, 0.25) is 0 Å². The first-order chi connectivity index (χ1) is 9.63. The summed E-state index contributed by atoms with van der Waals surface area (Å²) in [4.78, 5) is 13.8. The zero-order valence-corrected chi connectivity index (χ0v) is 12.1. The second-order valence-corrected chi connectivity index (χ2v) is 5.35. The van der Waals surface area contributed by atoms with Crippen LogP contribution in [0.5, 0.6) is 0 Å². The van der Waals surface area contributed by atoms with Crippen LogP contribution in [-0.4, -0.2) is 42.8 Å². The minimum atomic E-state index is -0.0876. The van der Waals surface area contributed by atoms with Gasteiger partial charge in [-0.25, -0.2) is 4.79 Å². The molecule has 2 atom stereocenters. The van der Waals surface area contributed by atoms with Crippen LogP contribution in [0, 0.1) is 5.92 Å². The zero-order chi connectivity index (χ0) is 14.5. The highest BCUT2D eigenvalue weighted by Gasteiger charge is 2.25. The number of urea groups is 1. The van der Waals surface area contributed by atoms with Gasteiger partial charge in [0.05, 0.1) is 0 Å².